The number of anilines is 3. The van der Waals surface area contributed by atoms with Crippen LogP contribution in [0.5, 0.6) is 0 Å². The largest absolute Gasteiger partial charge is 0.442 e. The first-order valence-corrected chi connectivity index (χ1v) is 11.6. The molecule has 35 heavy (non-hydrogen) atoms. The van der Waals surface area contributed by atoms with E-state index in [0.29, 0.717) is 48.2 Å². The third-order valence-corrected chi connectivity index (χ3v) is 6.23. The molecule has 9 nitrogen and oxygen atoms in total. The third-order valence-electron chi connectivity index (χ3n) is 5.87. The number of halogens is 1. The third kappa shape index (κ3) is 5.78. The molecule has 2 aliphatic heterocycles. The Balaban J connectivity index is 1.32. The highest BCUT2D eigenvalue weighted by atomic mass is 32.1. The van der Waals surface area contributed by atoms with Crippen LogP contribution < -0.4 is 20.4 Å². The van der Waals surface area contributed by atoms with Crippen LogP contribution in [0, 0.1) is 17.1 Å². The van der Waals surface area contributed by atoms with E-state index < -0.39 is 18.0 Å². The van der Waals surface area contributed by atoms with Gasteiger partial charge in [-0.3, -0.25) is 9.69 Å². The van der Waals surface area contributed by atoms with E-state index in [1.54, 1.807) is 36.4 Å². The van der Waals surface area contributed by atoms with Gasteiger partial charge in [0.25, 0.3) is 0 Å². The maximum absolute atomic E-state index is 15.0. The van der Waals surface area contributed by atoms with Gasteiger partial charge in [-0.2, -0.15) is 5.26 Å². The molecular weight excluding hydrogens is 471 g/mol. The van der Waals surface area contributed by atoms with Gasteiger partial charge in [0.2, 0.25) is 5.91 Å². The molecule has 0 saturated carbocycles. The topological polar surface area (TPSA) is 101 Å². The Labute approximate surface area is 208 Å². The lowest BCUT2D eigenvalue weighted by Gasteiger charge is -2.37. The average molecular weight is 497 g/mol. The van der Waals surface area contributed by atoms with Gasteiger partial charge in [-0.15, -0.1) is 0 Å². The molecule has 2 heterocycles. The Morgan fingerprint density at radius 3 is 2.54 bits per heavy atom. The van der Waals surface area contributed by atoms with E-state index >= 15 is 4.39 Å². The fraction of sp³-hybridized carbons (Fsp3) is 0.333. The molecule has 0 spiro atoms. The molecule has 182 valence electrons. The fourth-order valence-electron chi connectivity index (χ4n) is 4.00. The van der Waals surface area contributed by atoms with Crippen molar-refractivity contribution < 1.29 is 18.7 Å². The van der Waals surface area contributed by atoms with E-state index in [9.17, 15) is 9.59 Å². The van der Waals surface area contributed by atoms with Crippen LogP contribution in [0.3, 0.4) is 0 Å². The lowest BCUT2D eigenvalue weighted by molar-refractivity contribution is -0.119. The summed E-state index contributed by atoms with van der Waals surface area (Å²) in [6.07, 6.45) is -1.05. The van der Waals surface area contributed by atoms with E-state index in [4.69, 9.17) is 22.2 Å². The number of rotatable bonds is 5. The second-order valence-electron chi connectivity index (χ2n) is 8.28. The van der Waals surface area contributed by atoms with Gasteiger partial charge in [0.15, 0.2) is 5.11 Å². The molecular formula is C24H25FN6O3S. The Hall–Kier alpha value is -3.91. The van der Waals surface area contributed by atoms with Crippen LogP contribution >= 0.6 is 12.2 Å². The molecule has 0 unspecified atom stereocenters. The van der Waals surface area contributed by atoms with Crippen molar-refractivity contribution in [2.24, 2.45) is 0 Å². The molecule has 2 saturated heterocycles. The first kappa shape index (κ1) is 24.2. The van der Waals surface area contributed by atoms with E-state index in [-0.39, 0.29) is 19.0 Å². The Bertz CT molecular complexity index is 1160. The molecule has 0 aliphatic carbocycles. The van der Waals surface area contributed by atoms with Crippen LogP contribution in [0.2, 0.25) is 0 Å². The van der Waals surface area contributed by atoms with Crippen LogP contribution in [0.1, 0.15) is 12.5 Å². The zero-order valence-electron chi connectivity index (χ0n) is 19.2. The van der Waals surface area contributed by atoms with E-state index in [1.807, 2.05) is 9.80 Å². The summed E-state index contributed by atoms with van der Waals surface area (Å²) in [6.45, 7) is 4.23. The highest BCUT2D eigenvalue weighted by Gasteiger charge is 2.33. The molecule has 0 aromatic heterocycles. The average Bonchev–Trinajstić information content (AvgIpc) is 3.23. The van der Waals surface area contributed by atoms with Crippen molar-refractivity contribution in [1.82, 2.24) is 10.2 Å². The number of hydrogen-bond acceptors (Lipinski definition) is 6. The number of cyclic esters (lactones) is 1. The van der Waals surface area contributed by atoms with Gasteiger partial charge in [0.05, 0.1) is 36.1 Å². The maximum Gasteiger partial charge on any atom is 0.414 e. The summed E-state index contributed by atoms with van der Waals surface area (Å²) in [6, 6.07) is 13.8. The Morgan fingerprint density at radius 1 is 1.20 bits per heavy atom. The number of thiocarbonyl (C=S) groups is 1. The van der Waals surface area contributed by atoms with Gasteiger partial charge >= 0.3 is 6.09 Å². The number of carbonyl (C=O) groups excluding carboxylic acids is 2. The van der Waals surface area contributed by atoms with E-state index in [1.165, 1.54) is 17.9 Å². The molecule has 11 heteroatoms. The summed E-state index contributed by atoms with van der Waals surface area (Å²) in [5, 5.41) is 15.3. The molecule has 2 aliphatic rings. The molecule has 0 bridgehead atoms. The smallest absolute Gasteiger partial charge is 0.414 e. The summed E-state index contributed by atoms with van der Waals surface area (Å²) in [5.41, 5.74) is 2.25. The molecule has 2 amide bonds. The van der Waals surface area contributed by atoms with Crippen molar-refractivity contribution in [2.75, 3.05) is 54.4 Å². The lowest BCUT2D eigenvalue weighted by atomic mass is 10.2. The summed E-state index contributed by atoms with van der Waals surface area (Å²) >= 11 is 5.51. The Kier molecular flexibility index (Phi) is 7.31. The van der Waals surface area contributed by atoms with Gasteiger partial charge in [-0.25, -0.2) is 9.18 Å². The standard InChI is InChI=1S/C24H25FN6O3S/c1-16(32)27-14-20-15-31(24(33)34-20)19-6-7-22(21(25)12-19)29-8-10-30(11-9-29)23(35)28-18-4-2-17(13-26)3-5-18/h2-7,12,20H,8-11,14-15H2,1H3,(H,27,32)(H,28,35)/t20-/m0/s1. The van der Waals surface area contributed by atoms with Gasteiger partial charge in [-0.05, 0) is 54.7 Å². The first-order valence-electron chi connectivity index (χ1n) is 11.2. The molecule has 2 aromatic carbocycles. The van der Waals surface area contributed by atoms with E-state index in [0.717, 1.165) is 5.69 Å². The highest BCUT2D eigenvalue weighted by molar-refractivity contribution is 7.80. The van der Waals surface area contributed by atoms with Crippen molar-refractivity contribution in [2.45, 2.75) is 13.0 Å². The second-order valence-corrected chi connectivity index (χ2v) is 8.67. The van der Waals surface area contributed by atoms with Crippen molar-refractivity contribution in [3.63, 3.8) is 0 Å². The zero-order chi connectivity index (χ0) is 24.9. The summed E-state index contributed by atoms with van der Waals surface area (Å²) in [7, 11) is 0. The zero-order valence-corrected chi connectivity index (χ0v) is 20.0. The normalized spacial score (nSPS) is 17.6. The predicted molar refractivity (Wildman–Crippen MR) is 134 cm³/mol. The molecule has 2 aromatic rings. The number of ether oxygens (including phenoxy) is 1. The number of benzene rings is 2. The number of nitrogens with zero attached hydrogens (tertiary/aromatic N) is 4. The number of piperazine rings is 1. The molecule has 2 fully saturated rings. The summed E-state index contributed by atoms with van der Waals surface area (Å²) < 4.78 is 20.3. The fourth-order valence-corrected chi connectivity index (χ4v) is 4.30. The van der Waals surface area contributed by atoms with Crippen molar-refractivity contribution in [1.29, 1.82) is 5.26 Å². The Morgan fingerprint density at radius 2 is 1.91 bits per heavy atom. The van der Waals surface area contributed by atoms with Crippen LogP contribution in [-0.4, -0.2) is 67.4 Å². The van der Waals surface area contributed by atoms with Gasteiger partial charge in [0.1, 0.15) is 11.9 Å². The minimum Gasteiger partial charge on any atom is -0.442 e. The number of nitrogens with one attached hydrogen (secondary N) is 2. The number of nitriles is 1. The monoisotopic (exact) mass is 496 g/mol. The quantitative estimate of drug-likeness (QED) is 0.610. The molecule has 0 radical (unpaired) electrons. The van der Waals surface area contributed by atoms with Crippen LogP contribution in [-0.2, 0) is 9.53 Å². The minimum atomic E-state index is -0.565. The molecule has 4 rings (SSSR count). The first-order chi connectivity index (χ1) is 16.8. The highest BCUT2D eigenvalue weighted by Crippen LogP contribution is 2.28. The van der Waals surface area contributed by atoms with Crippen molar-refractivity contribution in [3.05, 3.63) is 53.8 Å². The predicted octanol–water partition coefficient (Wildman–Crippen LogP) is 2.68. The lowest BCUT2D eigenvalue weighted by Crippen LogP contribution is -2.50. The van der Waals surface area contributed by atoms with Crippen molar-refractivity contribution >= 4 is 46.4 Å². The SMILES string of the molecule is CC(=O)NC[C@H]1CN(c2ccc(N3CCN(C(=S)Nc4ccc(C#N)cc4)CC3)c(F)c2)C(=O)O1. The summed E-state index contributed by atoms with van der Waals surface area (Å²) in [4.78, 5) is 28.6. The number of hydrogen-bond donors (Lipinski definition) is 2. The second kappa shape index (κ2) is 10.6. The maximum atomic E-state index is 15.0. The van der Waals surface area contributed by atoms with Crippen LogP contribution in [0.15, 0.2) is 42.5 Å². The van der Waals surface area contributed by atoms with Crippen LogP contribution in [0.25, 0.3) is 0 Å². The van der Waals surface area contributed by atoms with Gasteiger partial charge in [-0.1, -0.05) is 0 Å². The van der Waals surface area contributed by atoms with Crippen molar-refractivity contribution in [3.8, 4) is 6.07 Å². The minimum absolute atomic E-state index is 0.208. The summed E-state index contributed by atoms with van der Waals surface area (Å²) in [5.74, 6) is -0.631. The molecule has 1 atom stereocenters. The van der Waals surface area contributed by atoms with Crippen LogP contribution in [0.4, 0.5) is 26.2 Å². The number of carbonyl (C=O) groups is 2. The van der Waals surface area contributed by atoms with Gasteiger partial charge in [0, 0.05) is 38.8 Å². The van der Waals surface area contributed by atoms with E-state index in [2.05, 4.69) is 16.7 Å². The number of amides is 2. The van der Waals surface area contributed by atoms with Gasteiger partial charge < -0.3 is 25.2 Å². The molecule has 2 N–H and O–H groups in total.